The summed E-state index contributed by atoms with van der Waals surface area (Å²) in [7, 11) is 0. The van der Waals surface area contributed by atoms with Gasteiger partial charge in [0.15, 0.2) is 0 Å². The number of carbonyl (C=O) groups is 3. The molecule has 278 valence electrons. The van der Waals surface area contributed by atoms with Gasteiger partial charge in [0, 0.05) is 13.3 Å². The van der Waals surface area contributed by atoms with Crippen LogP contribution in [0.2, 0.25) is 0 Å². The van der Waals surface area contributed by atoms with Crippen LogP contribution in [0.4, 0.5) is 0 Å². The molecule has 0 saturated carbocycles. The molecular formula is C41H79NO5. The highest BCUT2D eigenvalue weighted by molar-refractivity contribution is 5.81. The number of esters is 2. The van der Waals surface area contributed by atoms with E-state index in [2.05, 4.69) is 19.2 Å². The summed E-state index contributed by atoms with van der Waals surface area (Å²) in [4.78, 5) is 36.4. The van der Waals surface area contributed by atoms with Crippen LogP contribution in [0.3, 0.4) is 0 Å². The van der Waals surface area contributed by atoms with Gasteiger partial charge in [-0.2, -0.15) is 0 Å². The Morgan fingerprint density at radius 2 is 0.787 bits per heavy atom. The highest BCUT2D eigenvalue weighted by Crippen LogP contribution is 2.15. The van der Waals surface area contributed by atoms with Crippen LogP contribution in [0.1, 0.15) is 226 Å². The molecule has 6 nitrogen and oxygen atoms in total. The molecule has 1 N–H and O–H groups in total. The third-order valence-electron chi connectivity index (χ3n) is 9.30. The zero-order valence-corrected chi connectivity index (χ0v) is 31.7. The van der Waals surface area contributed by atoms with Crippen molar-refractivity contribution in [2.75, 3.05) is 13.2 Å². The van der Waals surface area contributed by atoms with Crippen LogP contribution in [0.15, 0.2) is 0 Å². The van der Waals surface area contributed by atoms with Gasteiger partial charge in [0.25, 0.3) is 0 Å². The fourth-order valence-corrected chi connectivity index (χ4v) is 6.18. The molecular weight excluding hydrogens is 586 g/mol. The van der Waals surface area contributed by atoms with Crippen molar-refractivity contribution in [2.24, 2.45) is 0 Å². The third-order valence-corrected chi connectivity index (χ3v) is 9.30. The lowest BCUT2D eigenvalue weighted by Gasteiger charge is -2.17. The predicted molar refractivity (Wildman–Crippen MR) is 199 cm³/mol. The molecule has 0 bridgehead atoms. The van der Waals surface area contributed by atoms with Gasteiger partial charge in [0.1, 0.15) is 0 Å². The molecule has 47 heavy (non-hydrogen) atoms. The van der Waals surface area contributed by atoms with Crippen molar-refractivity contribution in [1.82, 2.24) is 5.32 Å². The second kappa shape index (κ2) is 37.2. The first-order valence-electron chi connectivity index (χ1n) is 20.6. The maximum atomic E-state index is 12.6. The van der Waals surface area contributed by atoms with Crippen LogP contribution in [0.25, 0.3) is 0 Å². The van der Waals surface area contributed by atoms with Crippen LogP contribution >= 0.6 is 0 Å². The molecule has 0 aromatic heterocycles. The van der Waals surface area contributed by atoms with Gasteiger partial charge in [-0.1, -0.05) is 200 Å². The van der Waals surface area contributed by atoms with E-state index in [1.807, 2.05) is 0 Å². The molecule has 0 aliphatic carbocycles. The Labute approximate surface area is 292 Å². The molecule has 0 saturated heterocycles. The van der Waals surface area contributed by atoms with Gasteiger partial charge in [0.05, 0.1) is 13.2 Å². The number of nitrogens with one attached hydrogen (secondary N) is 1. The average molecular weight is 666 g/mol. The molecule has 1 unspecified atom stereocenters. The molecule has 1 atom stereocenters. The quantitative estimate of drug-likeness (QED) is 0.0527. The van der Waals surface area contributed by atoms with Crippen molar-refractivity contribution >= 4 is 17.8 Å². The zero-order valence-electron chi connectivity index (χ0n) is 31.7. The van der Waals surface area contributed by atoms with E-state index in [4.69, 9.17) is 9.47 Å². The fraction of sp³-hybridized carbons (Fsp3) is 0.927. The summed E-state index contributed by atoms with van der Waals surface area (Å²) < 4.78 is 10.9. The van der Waals surface area contributed by atoms with Crippen molar-refractivity contribution in [3.05, 3.63) is 0 Å². The minimum Gasteiger partial charge on any atom is -0.463 e. The van der Waals surface area contributed by atoms with Crippen molar-refractivity contribution < 1.29 is 23.9 Å². The predicted octanol–water partition coefficient (Wildman–Crippen LogP) is 12.1. The highest BCUT2D eigenvalue weighted by atomic mass is 16.6. The van der Waals surface area contributed by atoms with Crippen LogP contribution in [-0.4, -0.2) is 37.1 Å². The van der Waals surface area contributed by atoms with Crippen LogP contribution in [0, 0.1) is 0 Å². The van der Waals surface area contributed by atoms with E-state index >= 15 is 0 Å². The monoisotopic (exact) mass is 666 g/mol. The van der Waals surface area contributed by atoms with E-state index in [0.29, 0.717) is 13.0 Å². The molecule has 6 heteroatoms. The number of unbranched alkanes of at least 4 members (excludes halogenated alkanes) is 29. The molecule has 0 spiro atoms. The maximum absolute atomic E-state index is 12.6. The van der Waals surface area contributed by atoms with Gasteiger partial charge in [-0.25, -0.2) is 4.79 Å². The summed E-state index contributed by atoms with van der Waals surface area (Å²) in [6.07, 6.45) is 39.0. The second-order valence-corrected chi connectivity index (χ2v) is 14.1. The normalized spacial score (nSPS) is 11.8. The number of amides is 1. The average Bonchev–Trinajstić information content (AvgIpc) is 3.06. The van der Waals surface area contributed by atoms with Crippen molar-refractivity contribution in [3.63, 3.8) is 0 Å². The standard InChI is InChI=1S/C41H79NO5/c1-4-6-8-10-12-14-16-18-20-22-24-26-28-30-32-34-36-46-41(45)39(37-42-38(3)43)47-40(44)35-33-31-29-27-25-23-21-19-17-15-13-11-9-7-5-2/h39H,4-37H2,1-3H3,(H,42,43). The van der Waals surface area contributed by atoms with Gasteiger partial charge in [-0.05, 0) is 12.8 Å². The Morgan fingerprint density at radius 1 is 0.468 bits per heavy atom. The number of ether oxygens (including phenoxy) is 2. The smallest absolute Gasteiger partial charge is 0.349 e. The Morgan fingerprint density at radius 3 is 1.13 bits per heavy atom. The number of hydrogen-bond acceptors (Lipinski definition) is 5. The lowest BCUT2D eigenvalue weighted by Crippen LogP contribution is -2.40. The summed E-state index contributed by atoms with van der Waals surface area (Å²) >= 11 is 0. The Bertz CT molecular complexity index is 697. The summed E-state index contributed by atoms with van der Waals surface area (Å²) in [6.45, 7) is 6.21. The van der Waals surface area contributed by atoms with Gasteiger partial charge in [-0.3, -0.25) is 9.59 Å². The molecule has 0 aromatic rings. The summed E-state index contributed by atoms with van der Waals surface area (Å²) in [5.74, 6) is -1.22. The van der Waals surface area contributed by atoms with E-state index in [1.165, 1.54) is 167 Å². The first-order chi connectivity index (χ1) is 23.0. The van der Waals surface area contributed by atoms with Crippen molar-refractivity contribution in [2.45, 2.75) is 232 Å². The molecule has 0 aliphatic rings. The molecule has 0 aromatic carbocycles. The van der Waals surface area contributed by atoms with Gasteiger partial charge in [0.2, 0.25) is 12.0 Å². The Kier molecular flexibility index (Phi) is 36.0. The van der Waals surface area contributed by atoms with Gasteiger partial charge >= 0.3 is 11.9 Å². The SMILES string of the molecule is CCCCCCCCCCCCCCCCCCOC(=O)C(CNC(C)=O)OC(=O)CCCCCCCCCCCCCCCCC. The first kappa shape index (κ1) is 45.4. The largest absolute Gasteiger partial charge is 0.463 e. The van der Waals surface area contributed by atoms with Crippen molar-refractivity contribution in [1.29, 1.82) is 0 Å². The summed E-state index contributed by atoms with van der Waals surface area (Å²) in [5, 5.41) is 2.60. The molecule has 1 amide bonds. The van der Waals surface area contributed by atoms with E-state index in [0.717, 1.165) is 38.5 Å². The van der Waals surface area contributed by atoms with Crippen LogP contribution in [0.5, 0.6) is 0 Å². The van der Waals surface area contributed by atoms with Gasteiger partial charge in [-0.15, -0.1) is 0 Å². The van der Waals surface area contributed by atoms with Crippen LogP contribution < -0.4 is 5.32 Å². The second-order valence-electron chi connectivity index (χ2n) is 14.1. The highest BCUT2D eigenvalue weighted by Gasteiger charge is 2.24. The molecule has 0 fully saturated rings. The van der Waals surface area contributed by atoms with Crippen molar-refractivity contribution in [3.8, 4) is 0 Å². The summed E-state index contributed by atoms with van der Waals surface area (Å²) in [5.41, 5.74) is 0. The molecule has 0 aliphatic heterocycles. The first-order valence-corrected chi connectivity index (χ1v) is 20.6. The maximum Gasteiger partial charge on any atom is 0.349 e. The zero-order chi connectivity index (χ0) is 34.5. The van der Waals surface area contributed by atoms with E-state index in [1.54, 1.807) is 0 Å². The molecule has 0 rings (SSSR count). The molecule has 0 radical (unpaired) electrons. The van der Waals surface area contributed by atoms with E-state index < -0.39 is 18.0 Å². The lowest BCUT2D eigenvalue weighted by atomic mass is 10.0. The molecule has 0 heterocycles. The minimum absolute atomic E-state index is 0.0439. The lowest BCUT2D eigenvalue weighted by molar-refractivity contribution is -0.168. The third kappa shape index (κ3) is 35.5. The Hall–Kier alpha value is -1.59. The van der Waals surface area contributed by atoms with E-state index in [9.17, 15) is 14.4 Å². The number of carbonyl (C=O) groups excluding carboxylic acids is 3. The van der Waals surface area contributed by atoms with Gasteiger partial charge < -0.3 is 14.8 Å². The summed E-state index contributed by atoms with van der Waals surface area (Å²) in [6, 6.07) is 0. The topological polar surface area (TPSA) is 81.7 Å². The number of hydrogen-bond donors (Lipinski definition) is 1. The fourth-order valence-electron chi connectivity index (χ4n) is 6.18. The number of rotatable bonds is 37. The van der Waals surface area contributed by atoms with E-state index in [-0.39, 0.29) is 12.5 Å². The Balaban J connectivity index is 3.79. The minimum atomic E-state index is -1.08. The van der Waals surface area contributed by atoms with Crippen LogP contribution in [-0.2, 0) is 23.9 Å².